The van der Waals surface area contributed by atoms with Gasteiger partial charge < -0.3 is 10.4 Å². The third kappa shape index (κ3) is 3.37. The fraction of sp³-hybridized carbons (Fsp3) is 0.800. The van der Waals surface area contributed by atoms with Crippen LogP contribution in [0.4, 0.5) is 0 Å². The van der Waals surface area contributed by atoms with Gasteiger partial charge in [0.25, 0.3) is 0 Å². The van der Waals surface area contributed by atoms with Crippen molar-refractivity contribution in [2.45, 2.75) is 39.3 Å². The topological polar surface area (TPSA) is 32.3 Å². The van der Waals surface area contributed by atoms with Crippen LogP contribution in [0.25, 0.3) is 0 Å². The Bertz CT molecular complexity index is 130. The average Bonchev–Trinajstić information content (AvgIpc) is 2.07. The van der Waals surface area contributed by atoms with E-state index >= 15 is 0 Å². The first-order chi connectivity index (χ1) is 5.67. The molecule has 0 aromatic heterocycles. The lowest BCUT2D eigenvalue weighted by Crippen LogP contribution is -2.40. The second kappa shape index (κ2) is 6.21. The summed E-state index contributed by atoms with van der Waals surface area (Å²) in [6.45, 7) is 6.08. The molecule has 0 amide bonds. The summed E-state index contributed by atoms with van der Waals surface area (Å²) >= 11 is 0. The molecular weight excluding hydrogens is 150 g/mol. The molecule has 0 aromatic rings. The molecule has 0 saturated heterocycles. The Morgan fingerprint density at radius 1 is 1.50 bits per heavy atom. The average molecular weight is 171 g/mol. The Hall–Kier alpha value is -0.340. The van der Waals surface area contributed by atoms with Crippen molar-refractivity contribution in [3.05, 3.63) is 12.2 Å². The molecule has 0 aliphatic rings. The molecule has 2 heteroatoms. The zero-order valence-electron chi connectivity index (χ0n) is 8.54. The maximum Gasteiger partial charge on any atom is 0.0752 e. The highest BCUT2D eigenvalue weighted by Gasteiger charge is 2.19. The minimum atomic E-state index is -0.281. The number of aliphatic hydroxyl groups is 1. The largest absolute Gasteiger partial charge is 0.391 e. The van der Waals surface area contributed by atoms with Crippen molar-refractivity contribution in [1.29, 1.82) is 0 Å². The second-order valence-corrected chi connectivity index (χ2v) is 3.18. The lowest BCUT2D eigenvalue weighted by Gasteiger charge is -2.24. The molecule has 0 aliphatic carbocycles. The summed E-state index contributed by atoms with van der Waals surface area (Å²) in [5, 5.41) is 12.9. The number of rotatable bonds is 5. The molecule has 3 atom stereocenters. The highest BCUT2D eigenvalue weighted by molar-refractivity contribution is 4.91. The quantitative estimate of drug-likeness (QED) is 0.615. The SMILES string of the molecule is C/C=C/C(C)C(O)C(CC)NC. The van der Waals surface area contributed by atoms with Gasteiger partial charge in [0.2, 0.25) is 0 Å². The fourth-order valence-corrected chi connectivity index (χ4v) is 1.40. The highest BCUT2D eigenvalue weighted by atomic mass is 16.3. The number of aliphatic hydroxyl groups excluding tert-OH is 1. The standard InChI is InChI=1S/C10H21NO/c1-5-7-8(3)10(12)9(6-2)11-4/h5,7-12H,6H2,1-4H3/b7-5+. The van der Waals surface area contributed by atoms with Crippen LogP contribution in [0.1, 0.15) is 27.2 Å². The molecule has 0 bridgehead atoms. The van der Waals surface area contributed by atoms with Crippen LogP contribution in [0, 0.1) is 5.92 Å². The van der Waals surface area contributed by atoms with E-state index in [-0.39, 0.29) is 18.1 Å². The van der Waals surface area contributed by atoms with Crippen LogP contribution in [0.2, 0.25) is 0 Å². The fourth-order valence-electron chi connectivity index (χ4n) is 1.40. The first kappa shape index (κ1) is 11.7. The van der Waals surface area contributed by atoms with Crippen LogP contribution in [0.15, 0.2) is 12.2 Å². The molecule has 0 heterocycles. The predicted molar refractivity (Wildman–Crippen MR) is 53.1 cm³/mol. The van der Waals surface area contributed by atoms with Crippen LogP contribution < -0.4 is 5.32 Å². The van der Waals surface area contributed by atoms with E-state index in [1.54, 1.807) is 0 Å². The predicted octanol–water partition coefficient (Wildman–Crippen LogP) is 1.56. The van der Waals surface area contributed by atoms with Gasteiger partial charge >= 0.3 is 0 Å². The van der Waals surface area contributed by atoms with Crippen molar-refractivity contribution >= 4 is 0 Å². The van der Waals surface area contributed by atoms with E-state index in [1.807, 2.05) is 33.0 Å². The summed E-state index contributed by atoms with van der Waals surface area (Å²) in [5.41, 5.74) is 0. The maximum atomic E-state index is 9.79. The molecular formula is C10H21NO. The molecule has 0 aliphatic heterocycles. The number of hydrogen-bond donors (Lipinski definition) is 2. The molecule has 2 nitrogen and oxygen atoms in total. The lowest BCUT2D eigenvalue weighted by molar-refractivity contribution is 0.0954. The van der Waals surface area contributed by atoms with E-state index in [4.69, 9.17) is 0 Å². The summed E-state index contributed by atoms with van der Waals surface area (Å²) < 4.78 is 0. The van der Waals surface area contributed by atoms with Gasteiger partial charge in [-0.3, -0.25) is 0 Å². The molecule has 12 heavy (non-hydrogen) atoms. The molecule has 2 N–H and O–H groups in total. The molecule has 0 radical (unpaired) electrons. The molecule has 72 valence electrons. The number of allylic oxidation sites excluding steroid dienone is 1. The Labute approximate surface area is 75.7 Å². The van der Waals surface area contributed by atoms with Gasteiger partial charge in [-0.1, -0.05) is 26.0 Å². The summed E-state index contributed by atoms with van der Waals surface area (Å²) in [6.07, 6.45) is 4.69. The van der Waals surface area contributed by atoms with E-state index in [1.165, 1.54) is 0 Å². The lowest BCUT2D eigenvalue weighted by atomic mass is 9.96. The molecule has 0 saturated carbocycles. The van der Waals surface area contributed by atoms with Crippen molar-refractivity contribution in [2.75, 3.05) is 7.05 Å². The van der Waals surface area contributed by atoms with Gasteiger partial charge in [-0.15, -0.1) is 0 Å². The van der Waals surface area contributed by atoms with E-state index in [0.29, 0.717) is 0 Å². The van der Waals surface area contributed by atoms with E-state index in [0.717, 1.165) is 6.42 Å². The second-order valence-electron chi connectivity index (χ2n) is 3.18. The van der Waals surface area contributed by atoms with E-state index in [9.17, 15) is 5.11 Å². The summed E-state index contributed by atoms with van der Waals surface area (Å²) in [6, 6.07) is 0.205. The molecule has 0 spiro atoms. The van der Waals surface area contributed by atoms with Crippen LogP contribution >= 0.6 is 0 Å². The minimum Gasteiger partial charge on any atom is -0.391 e. The van der Waals surface area contributed by atoms with Gasteiger partial charge in [0, 0.05) is 12.0 Å². The van der Waals surface area contributed by atoms with E-state index < -0.39 is 0 Å². The van der Waals surface area contributed by atoms with Crippen LogP contribution in [0.5, 0.6) is 0 Å². The van der Waals surface area contributed by atoms with E-state index in [2.05, 4.69) is 12.2 Å². The normalized spacial score (nSPS) is 19.4. The van der Waals surface area contributed by atoms with Gasteiger partial charge in [-0.25, -0.2) is 0 Å². The van der Waals surface area contributed by atoms with Crippen molar-refractivity contribution in [3.8, 4) is 0 Å². The first-order valence-electron chi connectivity index (χ1n) is 4.65. The zero-order chi connectivity index (χ0) is 9.56. The van der Waals surface area contributed by atoms with Crippen molar-refractivity contribution < 1.29 is 5.11 Å². The van der Waals surface area contributed by atoms with Gasteiger partial charge in [0.1, 0.15) is 0 Å². The first-order valence-corrected chi connectivity index (χ1v) is 4.65. The summed E-state index contributed by atoms with van der Waals surface area (Å²) in [7, 11) is 1.89. The van der Waals surface area contributed by atoms with Crippen molar-refractivity contribution in [2.24, 2.45) is 5.92 Å². The molecule has 3 unspecified atom stereocenters. The number of likely N-dealkylation sites (N-methyl/N-ethyl adjacent to an activating group) is 1. The van der Waals surface area contributed by atoms with Crippen molar-refractivity contribution in [1.82, 2.24) is 5.32 Å². The zero-order valence-corrected chi connectivity index (χ0v) is 8.54. The number of nitrogens with one attached hydrogen (secondary N) is 1. The van der Waals surface area contributed by atoms with Gasteiger partial charge in [-0.2, -0.15) is 0 Å². The maximum absolute atomic E-state index is 9.79. The summed E-state index contributed by atoms with van der Waals surface area (Å²) in [4.78, 5) is 0. The Morgan fingerprint density at radius 3 is 2.42 bits per heavy atom. The van der Waals surface area contributed by atoms with Gasteiger partial charge in [0.15, 0.2) is 0 Å². The molecule has 0 rings (SSSR count). The Balaban J connectivity index is 4.04. The van der Waals surface area contributed by atoms with Crippen LogP contribution in [-0.2, 0) is 0 Å². The molecule has 0 aromatic carbocycles. The monoisotopic (exact) mass is 171 g/mol. The minimum absolute atomic E-state index is 0.205. The van der Waals surface area contributed by atoms with Crippen molar-refractivity contribution in [3.63, 3.8) is 0 Å². The summed E-state index contributed by atoms with van der Waals surface area (Å²) in [5.74, 6) is 0.229. The molecule has 0 fully saturated rings. The Kier molecular flexibility index (Phi) is 6.03. The highest BCUT2D eigenvalue weighted by Crippen LogP contribution is 2.10. The number of hydrogen-bond acceptors (Lipinski definition) is 2. The Morgan fingerprint density at radius 2 is 2.08 bits per heavy atom. The smallest absolute Gasteiger partial charge is 0.0752 e. The van der Waals surface area contributed by atoms with Gasteiger partial charge in [-0.05, 0) is 20.4 Å². The third-order valence-electron chi connectivity index (χ3n) is 2.26. The van der Waals surface area contributed by atoms with Crippen LogP contribution in [-0.4, -0.2) is 24.3 Å². The van der Waals surface area contributed by atoms with Crippen LogP contribution in [0.3, 0.4) is 0 Å². The van der Waals surface area contributed by atoms with Gasteiger partial charge in [0.05, 0.1) is 6.10 Å². The third-order valence-corrected chi connectivity index (χ3v) is 2.26.